The Morgan fingerprint density at radius 2 is 1.63 bits per heavy atom. The van der Waals surface area contributed by atoms with E-state index in [2.05, 4.69) is 5.32 Å². The van der Waals surface area contributed by atoms with Gasteiger partial charge < -0.3 is 19.7 Å². The Morgan fingerprint density at radius 3 is 2.29 bits per heavy atom. The Kier molecular flexibility index (Phi) is 9.99. The fourth-order valence-electron chi connectivity index (χ4n) is 3.78. The van der Waals surface area contributed by atoms with Gasteiger partial charge in [-0.05, 0) is 53.9 Å². The molecule has 0 aliphatic rings. The van der Waals surface area contributed by atoms with Crippen LogP contribution in [-0.2, 0) is 22.6 Å². The second kappa shape index (κ2) is 13.4. The maximum atomic E-state index is 13.4. The largest absolute Gasteiger partial charge is 0.497 e. The van der Waals surface area contributed by atoms with Crippen molar-refractivity contribution >= 4 is 23.4 Å². The van der Waals surface area contributed by atoms with Crippen LogP contribution in [0, 0.1) is 0 Å². The Hall–Kier alpha value is -3.51. The Morgan fingerprint density at radius 1 is 0.943 bits per heavy atom. The van der Waals surface area contributed by atoms with Gasteiger partial charge in [-0.1, -0.05) is 54.1 Å². The zero-order valence-corrected chi connectivity index (χ0v) is 20.8. The van der Waals surface area contributed by atoms with Gasteiger partial charge in [0, 0.05) is 31.5 Å². The SMILES string of the molecule is CNC(=O)C(Cc1ccccc1)N(Cc1cccc(Cl)c1)C(=O)CCCOc1ccc(OC)cc1. The number of amides is 2. The average Bonchev–Trinajstić information content (AvgIpc) is 2.89. The van der Waals surface area contributed by atoms with E-state index < -0.39 is 6.04 Å². The van der Waals surface area contributed by atoms with E-state index in [0.29, 0.717) is 30.2 Å². The van der Waals surface area contributed by atoms with E-state index in [4.69, 9.17) is 21.1 Å². The maximum Gasteiger partial charge on any atom is 0.242 e. The van der Waals surface area contributed by atoms with E-state index in [1.54, 1.807) is 25.1 Å². The third kappa shape index (κ3) is 8.04. The summed E-state index contributed by atoms with van der Waals surface area (Å²) in [7, 11) is 3.20. The number of rotatable bonds is 12. The van der Waals surface area contributed by atoms with Crippen molar-refractivity contribution < 1.29 is 19.1 Å². The fraction of sp³-hybridized carbons (Fsp3) is 0.286. The monoisotopic (exact) mass is 494 g/mol. The summed E-state index contributed by atoms with van der Waals surface area (Å²) in [6.07, 6.45) is 1.18. The number of methoxy groups -OCH3 is 1. The van der Waals surface area contributed by atoms with Crippen LogP contribution < -0.4 is 14.8 Å². The van der Waals surface area contributed by atoms with Gasteiger partial charge in [0.05, 0.1) is 13.7 Å². The van der Waals surface area contributed by atoms with Crippen LogP contribution in [0.2, 0.25) is 5.02 Å². The number of nitrogens with zero attached hydrogens (tertiary/aromatic N) is 1. The van der Waals surface area contributed by atoms with Gasteiger partial charge in [-0.25, -0.2) is 0 Å². The summed E-state index contributed by atoms with van der Waals surface area (Å²) in [5, 5.41) is 3.31. The first-order valence-corrected chi connectivity index (χ1v) is 11.9. The lowest BCUT2D eigenvalue weighted by atomic mass is 10.0. The third-order valence-corrected chi connectivity index (χ3v) is 5.86. The molecule has 1 unspecified atom stereocenters. The highest BCUT2D eigenvalue weighted by atomic mass is 35.5. The molecule has 2 amide bonds. The van der Waals surface area contributed by atoms with Crippen LogP contribution in [0.1, 0.15) is 24.0 Å². The van der Waals surface area contributed by atoms with Gasteiger partial charge in [-0.3, -0.25) is 9.59 Å². The van der Waals surface area contributed by atoms with Crippen LogP contribution >= 0.6 is 11.6 Å². The quantitative estimate of drug-likeness (QED) is 0.364. The minimum absolute atomic E-state index is 0.118. The van der Waals surface area contributed by atoms with Crippen molar-refractivity contribution in [2.45, 2.75) is 31.8 Å². The van der Waals surface area contributed by atoms with Crippen LogP contribution in [0.4, 0.5) is 0 Å². The number of nitrogens with one attached hydrogen (secondary N) is 1. The summed E-state index contributed by atoms with van der Waals surface area (Å²) in [6, 6.07) is 23.7. The van der Waals surface area contributed by atoms with Crippen LogP contribution in [0.15, 0.2) is 78.9 Å². The molecule has 7 heteroatoms. The Labute approximate surface area is 211 Å². The summed E-state index contributed by atoms with van der Waals surface area (Å²) in [5.74, 6) is 1.13. The molecule has 0 saturated carbocycles. The molecule has 0 fully saturated rings. The zero-order valence-electron chi connectivity index (χ0n) is 20.1. The first-order valence-electron chi connectivity index (χ1n) is 11.6. The molecule has 1 N–H and O–H groups in total. The molecule has 0 heterocycles. The summed E-state index contributed by atoms with van der Waals surface area (Å²) in [5.41, 5.74) is 1.84. The molecule has 0 radical (unpaired) electrons. The number of hydrogen-bond donors (Lipinski definition) is 1. The third-order valence-electron chi connectivity index (χ3n) is 5.62. The number of carbonyl (C=O) groups is 2. The predicted molar refractivity (Wildman–Crippen MR) is 138 cm³/mol. The average molecular weight is 495 g/mol. The molecular formula is C28H31ClN2O4. The Bertz CT molecular complexity index is 1090. The summed E-state index contributed by atoms with van der Waals surface area (Å²) in [4.78, 5) is 28.0. The summed E-state index contributed by atoms with van der Waals surface area (Å²) >= 11 is 6.18. The van der Waals surface area contributed by atoms with Crippen molar-refractivity contribution in [1.29, 1.82) is 0 Å². The first-order chi connectivity index (χ1) is 17.0. The molecule has 0 aliphatic carbocycles. The van der Waals surface area contributed by atoms with Gasteiger partial charge in [-0.2, -0.15) is 0 Å². The van der Waals surface area contributed by atoms with Crippen molar-refractivity contribution in [2.75, 3.05) is 20.8 Å². The summed E-state index contributed by atoms with van der Waals surface area (Å²) in [6.45, 7) is 0.663. The van der Waals surface area contributed by atoms with Crippen molar-refractivity contribution in [1.82, 2.24) is 10.2 Å². The van der Waals surface area contributed by atoms with Gasteiger partial charge in [-0.15, -0.1) is 0 Å². The van der Waals surface area contributed by atoms with Crippen LogP contribution in [-0.4, -0.2) is 43.5 Å². The number of halogens is 1. The van der Waals surface area contributed by atoms with E-state index in [9.17, 15) is 9.59 Å². The highest BCUT2D eigenvalue weighted by Crippen LogP contribution is 2.20. The van der Waals surface area contributed by atoms with Crippen LogP contribution in [0.3, 0.4) is 0 Å². The normalized spacial score (nSPS) is 11.4. The molecule has 0 aliphatic heterocycles. The maximum absolute atomic E-state index is 13.4. The lowest BCUT2D eigenvalue weighted by Gasteiger charge is -2.31. The van der Waals surface area contributed by atoms with Crippen molar-refractivity contribution in [3.8, 4) is 11.5 Å². The number of ether oxygens (including phenoxy) is 2. The zero-order chi connectivity index (χ0) is 25.0. The topological polar surface area (TPSA) is 67.9 Å². The van der Waals surface area contributed by atoms with Crippen molar-refractivity contribution in [3.63, 3.8) is 0 Å². The standard InChI is InChI=1S/C28H31ClN2O4/c1-30-28(33)26(19-21-8-4-3-5-9-21)31(20-22-10-6-11-23(29)18-22)27(32)12-7-17-35-25-15-13-24(34-2)14-16-25/h3-6,8-11,13-16,18,26H,7,12,17,19-20H2,1-2H3,(H,30,33). The summed E-state index contributed by atoms with van der Waals surface area (Å²) < 4.78 is 10.9. The van der Waals surface area contributed by atoms with Crippen LogP contribution in [0.5, 0.6) is 11.5 Å². The molecule has 3 aromatic rings. The highest BCUT2D eigenvalue weighted by Gasteiger charge is 2.29. The molecule has 3 rings (SSSR count). The van der Waals surface area contributed by atoms with E-state index >= 15 is 0 Å². The lowest BCUT2D eigenvalue weighted by molar-refractivity contribution is -0.141. The van der Waals surface area contributed by atoms with E-state index in [1.807, 2.05) is 72.8 Å². The molecule has 0 bridgehead atoms. The molecule has 35 heavy (non-hydrogen) atoms. The second-order valence-corrected chi connectivity index (χ2v) is 8.54. The van der Waals surface area contributed by atoms with Gasteiger partial charge in [0.1, 0.15) is 17.5 Å². The first kappa shape index (κ1) is 26.1. The van der Waals surface area contributed by atoms with Gasteiger partial charge in [0.25, 0.3) is 0 Å². The molecule has 184 valence electrons. The molecular weight excluding hydrogens is 464 g/mol. The van der Waals surface area contributed by atoms with Crippen LogP contribution in [0.25, 0.3) is 0 Å². The van der Waals surface area contributed by atoms with E-state index in [1.165, 1.54) is 0 Å². The Balaban J connectivity index is 1.72. The molecule has 0 saturated heterocycles. The number of hydrogen-bond acceptors (Lipinski definition) is 4. The molecule has 3 aromatic carbocycles. The number of benzene rings is 3. The minimum atomic E-state index is -0.656. The van der Waals surface area contributed by atoms with Gasteiger partial charge in [0.2, 0.25) is 11.8 Å². The van der Waals surface area contributed by atoms with Crippen molar-refractivity contribution in [3.05, 3.63) is 95.0 Å². The number of likely N-dealkylation sites (N-methyl/N-ethyl adjacent to an activating group) is 1. The smallest absolute Gasteiger partial charge is 0.242 e. The lowest BCUT2D eigenvalue weighted by Crippen LogP contribution is -2.49. The molecule has 0 spiro atoms. The van der Waals surface area contributed by atoms with E-state index in [-0.39, 0.29) is 24.8 Å². The predicted octanol–water partition coefficient (Wildman–Crippen LogP) is 4.89. The van der Waals surface area contributed by atoms with E-state index in [0.717, 1.165) is 16.9 Å². The highest BCUT2D eigenvalue weighted by molar-refractivity contribution is 6.30. The molecule has 1 atom stereocenters. The molecule has 6 nitrogen and oxygen atoms in total. The van der Waals surface area contributed by atoms with Crippen molar-refractivity contribution in [2.24, 2.45) is 0 Å². The molecule has 0 aromatic heterocycles. The number of carbonyl (C=O) groups excluding carboxylic acids is 2. The fourth-order valence-corrected chi connectivity index (χ4v) is 3.99. The minimum Gasteiger partial charge on any atom is -0.497 e. The second-order valence-electron chi connectivity index (χ2n) is 8.10. The van der Waals surface area contributed by atoms with Gasteiger partial charge in [0.15, 0.2) is 0 Å². The van der Waals surface area contributed by atoms with Gasteiger partial charge >= 0.3 is 0 Å².